The van der Waals surface area contributed by atoms with Gasteiger partial charge in [0.15, 0.2) is 6.61 Å². The Bertz CT molecular complexity index is 2310. The monoisotopic (exact) mass is 949 g/mol. The second kappa shape index (κ2) is 18.6. The fourth-order valence-corrected chi connectivity index (χ4v) is 13.1. The van der Waals surface area contributed by atoms with Gasteiger partial charge in [0.2, 0.25) is 17.7 Å². The first-order valence-corrected chi connectivity index (χ1v) is 25.1. The summed E-state index contributed by atoms with van der Waals surface area (Å²) in [5.74, 6) is -4.43. The smallest absolute Gasteiger partial charge is 0.412 e. The summed E-state index contributed by atoms with van der Waals surface area (Å²) in [5.41, 5.74) is 0.639. The molecule has 8 atom stereocenters. The molecule has 3 amide bonds. The number of hydrogen-bond acceptors (Lipinski definition) is 9. The lowest BCUT2D eigenvalue weighted by atomic mass is 9.86. The van der Waals surface area contributed by atoms with Crippen LogP contribution in [-0.2, 0) is 28.2 Å². The highest BCUT2D eigenvalue weighted by molar-refractivity contribution is 7.57. The molecule has 3 aromatic rings. The average Bonchev–Trinajstić information content (AvgIpc) is 3.53. The minimum Gasteiger partial charge on any atom is -0.462 e. The molecule has 0 bridgehead atoms. The van der Waals surface area contributed by atoms with Crippen molar-refractivity contribution in [1.82, 2.24) is 25.1 Å². The molecule has 2 N–H and O–H groups in total. The Morgan fingerprint density at radius 1 is 0.985 bits per heavy atom. The van der Waals surface area contributed by atoms with E-state index in [0.29, 0.717) is 55.2 Å². The van der Waals surface area contributed by atoms with Gasteiger partial charge in [0.25, 0.3) is 5.91 Å². The van der Waals surface area contributed by atoms with Crippen LogP contribution in [0.15, 0.2) is 54.6 Å². The van der Waals surface area contributed by atoms with Crippen molar-refractivity contribution in [3.8, 4) is 0 Å². The van der Waals surface area contributed by atoms with Gasteiger partial charge < -0.3 is 29.3 Å². The van der Waals surface area contributed by atoms with Crippen molar-refractivity contribution >= 4 is 52.6 Å². The van der Waals surface area contributed by atoms with E-state index in [-0.39, 0.29) is 58.3 Å². The van der Waals surface area contributed by atoms with E-state index >= 15 is 4.39 Å². The van der Waals surface area contributed by atoms with Gasteiger partial charge in [0, 0.05) is 40.8 Å². The SMILES string of the molecule is CC(C)OC(=O)[C@H](C)NP(=O)(OCC(F)(F)F)[C@H](F)c1ccc2sc(C(=O)N[C@H]3CC[C@H](N(C)C4CC(F)C4)C[C@H]4CC[C@@H](C(=O)N5C[C@H](c6ccccc6)CC56CC6)N4C3=O)cc2c1. The molecule has 3 saturated heterocycles. The number of nitrogens with one attached hydrogen (secondary N) is 2. The molecule has 5 aliphatic rings. The van der Waals surface area contributed by atoms with Crippen LogP contribution in [0.1, 0.15) is 118 Å². The van der Waals surface area contributed by atoms with E-state index in [4.69, 9.17) is 4.74 Å². The molecule has 1 unspecified atom stereocenters. The number of likely N-dealkylation sites (tertiary alicyclic amines) is 1. The van der Waals surface area contributed by atoms with E-state index < -0.39 is 68.5 Å². The summed E-state index contributed by atoms with van der Waals surface area (Å²) in [7, 11) is -3.10. The number of alkyl halides is 5. The van der Waals surface area contributed by atoms with Crippen molar-refractivity contribution in [3.63, 3.8) is 0 Å². The Morgan fingerprint density at radius 3 is 2.37 bits per heavy atom. The summed E-state index contributed by atoms with van der Waals surface area (Å²) >= 11 is 1.04. The molecule has 0 radical (unpaired) electrons. The van der Waals surface area contributed by atoms with Gasteiger partial charge in [-0.1, -0.05) is 36.4 Å². The molecule has 8 rings (SSSR count). The summed E-state index contributed by atoms with van der Waals surface area (Å²) in [4.78, 5) is 62.3. The van der Waals surface area contributed by atoms with Gasteiger partial charge in [-0.25, -0.2) is 13.9 Å². The standard InChI is InChI=1S/C46H57F5N5O7PS/c1-26(2)63-44(60)27(3)53-64(61,62-25-46(49,50)51)40(48)29-10-15-38-30(18-29)19-39(65-38)41(57)52-36-13-11-33(54(4)35-20-32(47)21-35)22-34-12-14-37(56(34)42(36)58)43(59)55-24-31(23-45(55)16-17-45)28-8-6-5-7-9-28/h5-10,15,18-19,26-27,31-37,40H,11-14,16-17,20-25H2,1-4H3,(H,52,57)(H,53,61)/t27-,31+,32?,33-,34+,35?,36-,37-,40-,64?/m0/s1. The topological polar surface area (TPSA) is 138 Å². The van der Waals surface area contributed by atoms with E-state index in [0.717, 1.165) is 30.6 Å². The molecule has 1 aromatic heterocycles. The molecule has 354 valence electrons. The summed E-state index contributed by atoms with van der Waals surface area (Å²) in [5, 5.41) is 5.39. The number of amides is 3. The summed E-state index contributed by atoms with van der Waals surface area (Å²) in [6.45, 7) is 2.77. The van der Waals surface area contributed by atoms with E-state index in [1.807, 2.05) is 30.1 Å². The quantitative estimate of drug-likeness (QED) is 0.0926. The average molecular weight is 950 g/mol. The number of hydrogen-bond donors (Lipinski definition) is 2. The van der Waals surface area contributed by atoms with Crippen LogP contribution in [0.3, 0.4) is 0 Å². The Morgan fingerprint density at radius 2 is 1.71 bits per heavy atom. The molecule has 12 nitrogen and oxygen atoms in total. The molecular formula is C46H57F5N5O7PS. The first kappa shape index (κ1) is 47.5. The Labute approximate surface area is 379 Å². The third-order valence-electron chi connectivity index (χ3n) is 14.0. The maximum Gasteiger partial charge on any atom is 0.412 e. The number of benzene rings is 2. The molecule has 4 heterocycles. The van der Waals surface area contributed by atoms with Crippen LogP contribution < -0.4 is 10.4 Å². The van der Waals surface area contributed by atoms with Crippen LogP contribution in [0.4, 0.5) is 22.0 Å². The van der Waals surface area contributed by atoms with Gasteiger partial charge in [0.1, 0.15) is 24.3 Å². The maximum atomic E-state index is 16.2. The van der Waals surface area contributed by atoms with Crippen molar-refractivity contribution < 1.29 is 55.0 Å². The minimum absolute atomic E-state index is 0.0313. The Hall–Kier alpha value is -3.96. The molecule has 5 fully saturated rings. The van der Waals surface area contributed by atoms with Crippen molar-refractivity contribution in [2.24, 2.45) is 0 Å². The van der Waals surface area contributed by atoms with Crippen LogP contribution in [0.25, 0.3) is 10.1 Å². The molecule has 65 heavy (non-hydrogen) atoms. The van der Waals surface area contributed by atoms with Crippen molar-refractivity contribution in [3.05, 3.63) is 70.6 Å². The van der Waals surface area contributed by atoms with E-state index in [9.17, 15) is 41.3 Å². The highest BCUT2D eigenvalue weighted by Crippen LogP contribution is 2.59. The van der Waals surface area contributed by atoms with Gasteiger partial charge in [-0.05, 0) is 127 Å². The third kappa shape index (κ3) is 10.2. The molecule has 19 heteroatoms. The van der Waals surface area contributed by atoms with Crippen LogP contribution in [0.2, 0.25) is 0 Å². The second-order valence-corrected chi connectivity index (χ2v) is 22.2. The van der Waals surface area contributed by atoms with Gasteiger partial charge in [-0.3, -0.25) is 23.7 Å². The zero-order valence-corrected chi connectivity index (χ0v) is 38.6. The van der Waals surface area contributed by atoms with Gasteiger partial charge >= 0.3 is 19.7 Å². The number of esters is 1. The predicted octanol–water partition coefficient (Wildman–Crippen LogP) is 8.56. The van der Waals surface area contributed by atoms with Crippen LogP contribution in [0.5, 0.6) is 0 Å². The second-order valence-electron chi connectivity index (χ2n) is 18.9. The molecule has 3 aliphatic heterocycles. The fraction of sp³-hybridized carbons (Fsp3) is 0.609. The number of halogens is 5. The summed E-state index contributed by atoms with van der Waals surface area (Å²) < 4.78 is 94.1. The van der Waals surface area contributed by atoms with Crippen LogP contribution >= 0.6 is 18.9 Å². The number of rotatable bonds is 14. The lowest BCUT2D eigenvalue weighted by Crippen LogP contribution is -2.59. The van der Waals surface area contributed by atoms with Crippen LogP contribution in [0, 0.1) is 0 Å². The largest absolute Gasteiger partial charge is 0.462 e. The fourth-order valence-electron chi connectivity index (χ4n) is 10.3. The third-order valence-corrected chi connectivity index (χ3v) is 17.3. The zero-order chi connectivity index (χ0) is 46.6. The molecular weight excluding hydrogens is 893 g/mol. The number of carbonyl (C=O) groups is 4. The first-order chi connectivity index (χ1) is 30.7. The number of carbonyl (C=O) groups excluding carboxylic acids is 4. The number of nitrogens with zero attached hydrogens (tertiary/aromatic N) is 3. The van der Waals surface area contributed by atoms with Gasteiger partial charge in [0.05, 0.1) is 11.0 Å². The highest BCUT2D eigenvalue weighted by atomic mass is 32.1. The number of thiophene rings is 1. The minimum atomic E-state index is -5.09. The van der Waals surface area contributed by atoms with E-state index in [2.05, 4.69) is 32.0 Å². The van der Waals surface area contributed by atoms with Crippen LogP contribution in [-0.4, -0.2) is 119 Å². The molecule has 2 aromatic carbocycles. The van der Waals surface area contributed by atoms with E-state index in [1.165, 1.54) is 50.6 Å². The lowest BCUT2D eigenvalue weighted by Gasteiger charge is -2.45. The van der Waals surface area contributed by atoms with Crippen molar-refractivity contribution in [2.45, 2.75) is 157 Å². The Balaban J connectivity index is 1.02. The number of ether oxygens (including phenoxy) is 1. The Kier molecular flexibility index (Phi) is 13.6. The molecule has 2 saturated carbocycles. The van der Waals surface area contributed by atoms with Gasteiger partial charge in [-0.2, -0.15) is 13.2 Å². The van der Waals surface area contributed by atoms with Crippen molar-refractivity contribution in [1.29, 1.82) is 0 Å². The summed E-state index contributed by atoms with van der Waals surface area (Å²) in [6, 6.07) is 12.1. The zero-order valence-electron chi connectivity index (χ0n) is 36.9. The van der Waals surface area contributed by atoms with E-state index in [1.54, 1.807) is 4.90 Å². The molecule has 2 aliphatic carbocycles. The number of fused-ring (bicyclic) bond motifs is 2. The lowest BCUT2D eigenvalue weighted by molar-refractivity contribution is -0.154. The summed E-state index contributed by atoms with van der Waals surface area (Å²) in [6.07, 6.45) is -0.340. The predicted molar refractivity (Wildman–Crippen MR) is 235 cm³/mol. The van der Waals surface area contributed by atoms with Crippen molar-refractivity contribution in [2.75, 3.05) is 20.2 Å². The first-order valence-electron chi connectivity index (χ1n) is 22.6. The highest BCUT2D eigenvalue weighted by Gasteiger charge is 2.59. The molecule has 1 spiro atoms. The van der Waals surface area contributed by atoms with Gasteiger partial charge in [-0.15, -0.1) is 11.3 Å². The maximum absolute atomic E-state index is 16.2. The normalized spacial score (nSPS) is 28.4.